The van der Waals surface area contributed by atoms with Gasteiger partial charge in [-0.15, -0.1) is 5.10 Å². The van der Waals surface area contributed by atoms with Crippen LogP contribution < -0.4 is 10.1 Å². The van der Waals surface area contributed by atoms with Crippen LogP contribution in [0.25, 0.3) is 0 Å². The molecule has 2 aromatic rings. The van der Waals surface area contributed by atoms with E-state index in [9.17, 15) is 4.39 Å². The smallest absolute Gasteiger partial charge is 0.170 e. The van der Waals surface area contributed by atoms with Crippen LogP contribution in [0.2, 0.25) is 0 Å². The molecular weight excluding hydrogens is 289 g/mol. The molecule has 114 valence electrons. The van der Waals surface area contributed by atoms with Crippen molar-refractivity contribution in [2.45, 2.75) is 32.7 Å². The molecule has 1 heterocycles. The van der Waals surface area contributed by atoms with Crippen molar-refractivity contribution in [3.05, 3.63) is 40.2 Å². The van der Waals surface area contributed by atoms with Crippen molar-refractivity contribution < 1.29 is 9.13 Å². The maximum absolute atomic E-state index is 14.6. The Morgan fingerprint density at radius 2 is 2.19 bits per heavy atom. The summed E-state index contributed by atoms with van der Waals surface area (Å²) in [7, 11) is 1.47. The van der Waals surface area contributed by atoms with Crippen molar-refractivity contribution in [1.82, 2.24) is 14.9 Å². The summed E-state index contributed by atoms with van der Waals surface area (Å²) in [5.41, 5.74) is 1.49. The normalized spacial score (nSPS) is 12.4. The van der Waals surface area contributed by atoms with Gasteiger partial charge in [0.15, 0.2) is 11.6 Å². The minimum absolute atomic E-state index is 0.241. The first-order valence-corrected chi connectivity index (χ1v) is 7.87. The summed E-state index contributed by atoms with van der Waals surface area (Å²) in [4.78, 5) is 0.970. The van der Waals surface area contributed by atoms with E-state index < -0.39 is 0 Å². The van der Waals surface area contributed by atoms with Crippen LogP contribution in [0.5, 0.6) is 5.75 Å². The van der Waals surface area contributed by atoms with Gasteiger partial charge in [-0.05, 0) is 37.0 Å². The zero-order valence-corrected chi connectivity index (χ0v) is 13.3. The maximum atomic E-state index is 14.6. The minimum Gasteiger partial charge on any atom is -0.494 e. The molecule has 1 aromatic carbocycles. The lowest BCUT2D eigenvalue weighted by atomic mass is 10.0. The number of aromatic nitrogens is 2. The molecule has 0 spiro atoms. The molecular formula is C15H20FN3OS. The first-order chi connectivity index (χ1) is 10.2. The summed E-state index contributed by atoms with van der Waals surface area (Å²) in [6.07, 6.45) is 1.75. The number of aryl methyl sites for hydroxylation is 1. The highest BCUT2D eigenvalue weighted by Gasteiger charge is 2.24. The highest BCUT2D eigenvalue weighted by molar-refractivity contribution is 7.05. The Hall–Kier alpha value is -1.53. The number of halogens is 1. The second-order valence-corrected chi connectivity index (χ2v) is 5.47. The molecule has 0 radical (unpaired) electrons. The molecule has 1 unspecified atom stereocenters. The largest absolute Gasteiger partial charge is 0.494 e. The molecule has 0 saturated heterocycles. The Bertz CT molecular complexity index is 588. The zero-order valence-electron chi connectivity index (χ0n) is 12.5. The number of nitrogens with zero attached hydrogens (tertiary/aromatic N) is 2. The van der Waals surface area contributed by atoms with E-state index in [1.165, 1.54) is 18.6 Å². The van der Waals surface area contributed by atoms with E-state index in [1.54, 1.807) is 18.2 Å². The van der Waals surface area contributed by atoms with Gasteiger partial charge in [0.1, 0.15) is 0 Å². The Balaban J connectivity index is 2.45. The van der Waals surface area contributed by atoms with Crippen LogP contribution in [0.1, 0.15) is 42.4 Å². The first kappa shape index (κ1) is 15.9. The minimum atomic E-state index is -0.330. The summed E-state index contributed by atoms with van der Waals surface area (Å²) in [6.45, 7) is 4.90. The summed E-state index contributed by atoms with van der Waals surface area (Å²) >= 11 is 1.32. The second kappa shape index (κ2) is 7.47. The molecule has 0 aliphatic heterocycles. The van der Waals surface area contributed by atoms with Crippen molar-refractivity contribution in [2.24, 2.45) is 0 Å². The lowest BCUT2D eigenvalue weighted by Crippen LogP contribution is -2.24. The molecule has 21 heavy (non-hydrogen) atoms. The van der Waals surface area contributed by atoms with Crippen molar-refractivity contribution in [2.75, 3.05) is 13.7 Å². The van der Waals surface area contributed by atoms with Crippen LogP contribution in [-0.4, -0.2) is 23.2 Å². The van der Waals surface area contributed by atoms with Gasteiger partial charge in [0, 0.05) is 5.56 Å². The summed E-state index contributed by atoms with van der Waals surface area (Å²) < 4.78 is 23.7. The van der Waals surface area contributed by atoms with Crippen LogP contribution in [0.4, 0.5) is 4.39 Å². The van der Waals surface area contributed by atoms with Gasteiger partial charge < -0.3 is 10.1 Å². The molecule has 4 nitrogen and oxygen atoms in total. The fourth-order valence-electron chi connectivity index (χ4n) is 2.22. The number of rotatable bonds is 7. The van der Waals surface area contributed by atoms with E-state index in [4.69, 9.17) is 4.74 Å². The van der Waals surface area contributed by atoms with Crippen molar-refractivity contribution in [1.29, 1.82) is 0 Å². The molecule has 2 rings (SSSR count). The molecule has 0 fully saturated rings. The standard InChI is InChI=1S/C15H20FN3OS/c1-4-9-17-14(15-11(5-2)18-19-21-15)10-7-6-8-12(20-3)13(10)16/h6-8,14,17H,4-5,9H2,1-3H3. The van der Waals surface area contributed by atoms with E-state index in [0.717, 1.165) is 30.0 Å². The lowest BCUT2D eigenvalue weighted by Gasteiger charge is -2.19. The predicted octanol–water partition coefficient (Wildman–Crippen LogP) is 3.34. The highest BCUT2D eigenvalue weighted by atomic mass is 32.1. The molecule has 1 atom stereocenters. The third-order valence-corrected chi connectivity index (χ3v) is 4.14. The summed E-state index contributed by atoms with van der Waals surface area (Å²) in [5, 5.41) is 7.53. The number of methoxy groups -OCH3 is 1. The van der Waals surface area contributed by atoms with Crippen LogP contribution in [-0.2, 0) is 6.42 Å². The fraction of sp³-hybridized carbons (Fsp3) is 0.467. The number of hydrogen-bond acceptors (Lipinski definition) is 5. The summed E-state index contributed by atoms with van der Waals surface area (Å²) in [5.74, 6) is -0.0737. The summed E-state index contributed by atoms with van der Waals surface area (Å²) in [6, 6.07) is 4.97. The number of benzene rings is 1. The van der Waals surface area contributed by atoms with Gasteiger partial charge in [-0.2, -0.15) is 0 Å². The predicted molar refractivity (Wildman–Crippen MR) is 82.4 cm³/mol. The molecule has 0 aliphatic carbocycles. The SMILES string of the molecule is CCCNC(c1cccc(OC)c1F)c1snnc1CC. The molecule has 0 aliphatic rings. The monoisotopic (exact) mass is 309 g/mol. The molecule has 0 saturated carbocycles. The van der Waals surface area contributed by atoms with Crippen LogP contribution in [0, 0.1) is 5.82 Å². The quantitative estimate of drug-likeness (QED) is 0.852. The molecule has 1 aromatic heterocycles. The van der Waals surface area contributed by atoms with E-state index in [-0.39, 0.29) is 17.6 Å². The van der Waals surface area contributed by atoms with Gasteiger partial charge in [0.2, 0.25) is 0 Å². The Morgan fingerprint density at radius 1 is 1.38 bits per heavy atom. The maximum Gasteiger partial charge on any atom is 0.170 e. The fourth-order valence-corrected chi connectivity index (χ4v) is 3.05. The van der Waals surface area contributed by atoms with Crippen molar-refractivity contribution in [3.63, 3.8) is 0 Å². The van der Waals surface area contributed by atoms with E-state index >= 15 is 0 Å². The first-order valence-electron chi connectivity index (χ1n) is 7.09. The van der Waals surface area contributed by atoms with Crippen LogP contribution in [0.15, 0.2) is 18.2 Å². The third-order valence-electron chi connectivity index (χ3n) is 3.30. The van der Waals surface area contributed by atoms with Gasteiger partial charge in [-0.1, -0.05) is 30.5 Å². The van der Waals surface area contributed by atoms with Crippen molar-refractivity contribution in [3.8, 4) is 5.75 Å². The Morgan fingerprint density at radius 3 is 2.86 bits per heavy atom. The third kappa shape index (κ3) is 3.39. The lowest BCUT2D eigenvalue weighted by molar-refractivity contribution is 0.381. The van der Waals surface area contributed by atoms with E-state index in [0.29, 0.717) is 5.56 Å². The number of hydrogen-bond donors (Lipinski definition) is 1. The van der Waals surface area contributed by atoms with Gasteiger partial charge >= 0.3 is 0 Å². The van der Waals surface area contributed by atoms with E-state index in [2.05, 4.69) is 21.8 Å². The van der Waals surface area contributed by atoms with Gasteiger partial charge in [0.05, 0.1) is 23.7 Å². The zero-order chi connectivity index (χ0) is 15.2. The Labute approximate surface area is 128 Å². The van der Waals surface area contributed by atoms with Crippen LogP contribution in [0.3, 0.4) is 0 Å². The number of nitrogens with one attached hydrogen (secondary N) is 1. The molecule has 1 N–H and O–H groups in total. The van der Waals surface area contributed by atoms with Crippen molar-refractivity contribution >= 4 is 11.5 Å². The van der Waals surface area contributed by atoms with E-state index in [1.807, 2.05) is 6.92 Å². The molecule has 0 bridgehead atoms. The van der Waals surface area contributed by atoms with Crippen LogP contribution >= 0.6 is 11.5 Å². The number of ether oxygens (including phenoxy) is 1. The van der Waals surface area contributed by atoms with Gasteiger partial charge in [-0.3, -0.25) is 0 Å². The Kier molecular flexibility index (Phi) is 5.64. The molecule has 0 amide bonds. The average molecular weight is 309 g/mol. The second-order valence-electron chi connectivity index (χ2n) is 4.69. The van der Waals surface area contributed by atoms with Gasteiger partial charge in [0.25, 0.3) is 0 Å². The molecule has 6 heteroatoms. The topological polar surface area (TPSA) is 47.0 Å². The average Bonchev–Trinajstić information content (AvgIpc) is 2.97. The highest BCUT2D eigenvalue weighted by Crippen LogP contribution is 2.32. The van der Waals surface area contributed by atoms with Gasteiger partial charge in [-0.25, -0.2) is 4.39 Å².